The van der Waals surface area contributed by atoms with E-state index < -0.39 is 0 Å². The molecular formula is C17H22N4O4. The van der Waals surface area contributed by atoms with Crippen molar-refractivity contribution >= 4 is 23.5 Å². The highest BCUT2D eigenvalue weighted by atomic mass is 16.5. The van der Waals surface area contributed by atoms with Crippen LogP contribution in [0, 0.1) is 0 Å². The Hall–Kier alpha value is -2.77. The van der Waals surface area contributed by atoms with Crippen molar-refractivity contribution in [2.75, 3.05) is 44.6 Å². The van der Waals surface area contributed by atoms with Crippen LogP contribution in [0.2, 0.25) is 0 Å². The first-order valence-corrected chi connectivity index (χ1v) is 8.47. The molecule has 0 aliphatic carbocycles. The smallest absolute Gasteiger partial charge is 0.317 e. The highest BCUT2D eigenvalue weighted by Gasteiger charge is 2.26. The van der Waals surface area contributed by atoms with Crippen molar-refractivity contribution in [3.63, 3.8) is 0 Å². The van der Waals surface area contributed by atoms with Crippen molar-refractivity contribution in [1.82, 2.24) is 15.1 Å². The lowest BCUT2D eigenvalue weighted by molar-refractivity contribution is -0.118. The zero-order valence-corrected chi connectivity index (χ0v) is 14.2. The molecule has 1 aromatic rings. The maximum absolute atomic E-state index is 12.7. The lowest BCUT2D eigenvalue weighted by Crippen LogP contribution is -2.53. The number of ether oxygens (including phenoxy) is 1. The van der Waals surface area contributed by atoms with Crippen LogP contribution in [0.5, 0.6) is 5.75 Å². The zero-order chi connectivity index (χ0) is 17.8. The largest absolute Gasteiger partial charge is 0.482 e. The number of urea groups is 1. The summed E-state index contributed by atoms with van der Waals surface area (Å²) in [6.45, 7) is 4.63. The van der Waals surface area contributed by atoms with E-state index in [2.05, 4.69) is 10.6 Å². The Morgan fingerprint density at radius 1 is 1.20 bits per heavy atom. The normalized spacial score (nSPS) is 16.6. The number of fused-ring (bicyclic) bond motifs is 1. The standard InChI is InChI=1S/C17H22N4O4/c1-2-5-18-17(24)21-8-6-20(7-9-21)16(23)12-3-4-14-13(10-12)19-15(22)11-25-14/h3-4,10H,2,5-9,11H2,1H3,(H,18,24)(H,19,22). The van der Waals surface area contributed by atoms with E-state index in [-0.39, 0.29) is 24.5 Å². The van der Waals surface area contributed by atoms with Crippen LogP contribution in [0.3, 0.4) is 0 Å². The van der Waals surface area contributed by atoms with Crippen LogP contribution in [0.15, 0.2) is 18.2 Å². The molecule has 1 fully saturated rings. The summed E-state index contributed by atoms with van der Waals surface area (Å²) in [6, 6.07) is 4.94. The Morgan fingerprint density at radius 2 is 1.92 bits per heavy atom. The first-order valence-electron chi connectivity index (χ1n) is 8.47. The number of hydrogen-bond donors (Lipinski definition) is 2. The van der Waals surface area contributed by atoms with Gasteiger partial charge < -0.3 is 25.2 Å². The molecule has 0 spiro atoms. The summed E-state index contributed by atoms with van der Waals surface area (Å²) in [7, 11) is 0. The zero-order valence-electron chi connectivity index (χ0n) is 14.2. The predicted octanol–water partition coefficient (Wildman–Crippen LogP) is 0.895. The average molecular weight is 346 g/mol. The van der Waals surface area contributed by atoms with E-state index in [1.807, 2.05) is 6.92 Å². The highest BCUT2D eigenvalue weighted by Crippen LogP contribution is 2.29. The molecule has 4 amide bonds. The number of anilines is 1. The molecule has 8 nitrogen and oxygen atoms in total. The highest BCUT2D eigenvalue weighted by molar-refractivity contribution is 6.00. The van der Waals surface area contributed by atoms with Crippen molar-refractivity contribution in [2.45, 2.75) is 13.3 Å². The fourth-order valence-electron chi connectivity index (χ4n) is 2.86. The third-order valence-corrected chi connectivity index (χ3v) is 4.24. The van der Waals surface area contributed by atoms with Gasteiger partial charge >= 0.3 is 6.03 Å². The summed E-state index contributed by atoms with van der Waals surface area (Å²) in [5.41, 5.74) is 1.01. The Labute approximate surface area is 146 Å². The topological polar surface area (TPSA) is 91.0 Å². The molecule has 0 atom stereocenters. The van der Waals surface area contributed by atoms with Crippen molar-refractivity contribution < 1.29 is 19.1 Å². The molecule has 0 aromatic heterocycles. The monoisotopic (exact) mass is 346 g/mol. The maximum Gasteiger partial charge on any atom is 0.317 e. The molecule has 1 aromatic carbocycles. The van der Waals surface area contributed by atoms with E-state index in [1.54, 1.807) is 28.0 Å². The van der Waals surface area contributed by atoms with Gasteiger partial charge in [0.2, 0.25) is 0 Å². The Bertz CT molecular complexity index is 683. The maximum atomic E-state index is 12.7. The average Bonchev–Trinajstić information content (AvgIpc) is 2.65. The second-order valence-corrected chi connectivity index (χ2v) is 6.06. The molecule has 25 heavy (non-hydrogen) atoms. The Kier molecular flexibility index (Phi) is 5.06. The van der Waals surface area contributed by atoms with Gasteiger partial charge in [0.15, 0.2) is 6.61 Å². The van der Waals surface area contributed by atoms with E-state index in [9.17, 15) is 14.4 Å². The molecule has 3 rings (SSSR count). The number of piperazine rings is 1. The number of hydrogen-bond acceptors (Lipinski definition) is 4. The van der Waals surface area contributed by atoms with Gasteiger partial charge in [-0.25, -0.2) is 4.79 Å². The van der Waals surface area contributed by atoms with Gasteiger partial charge in [0, 0.05) is 38.3 Å². The van der Waals surface area contributed by atoms with Gasteiger partial charge in [-0.15, -0.1) is 0 Å². The number of nitrogens with one attached hydrogen (secondary N) is 2. The summed E-state index contributed by atoms with van der Waals surface area (Å²) in [5.74, 6) is 0.216. The summed E-state index contributed by atoms with van der Waals surface area (Å²) < 4.78 is 5.30. The molecule has 0 saturated carbocycles. The summed E-state index contributed by atoms with van der Waals surface area (Å²) in [4.78, 5) is 39.5. The molecule has 2 N–H and O–H groups in total. The molecule has 0 unspecified atom stereocenters. The third-order valence-electron chi connectivity index (χ3n) is 4.24. The third kappa shape index (κ3) is 3.84. The van der Waals surface area contributed by atoms with Crippen LogP contribution in [-0.4, -0.2) is 67.0 Å². The lowest BCUT2D eigenvalue weighted by atomic mass is 10.1. The van der Waals surface area contributed by atoms with Crippen LogP contribution in [0.1, 0.15) is 23.7 Å². The van der Waals surface area contributed by atoms with E-state index in [0.29, 0.717) is 49.7 Å². The predicted molar refractivity (Wildman–Crippen MR) is 91.7 cm³/mol. The Morgan fingerprint density at radius 3 is 2.64 bits per heavy atom. The van der Waals surface area contributed by atoms with Gasteiger partial charge in [0.1, 0.15) is 5.75 Å². The number of nitrogens with zero attached hydrogens (tertiary/aromatic N) is 2. The van der Waals surface area contributed by atoms with Gasteiger partial charge in [0.05, 0.1) is 5.69 Å². The first-order chi connectivity index (χ1) is 12.1. The molecule has 0 radical (unpaired) electrons. The molecule has 2 heterocycles. The second kappa shape index (κ2) is 7.42. The molecular weight excluding hydrogens is 324 g/mol. The van der Waals surface area contributed by atoms with Crippen LogP contribution in [0.25, 0.3) is 0 Å². The molecule has 1 saturated heterocycles. The van der Waals surface area contributed by atoms with E-state index in [0.717, 1.165) is 6.42 Å². The molecule has 2 aliphatic rings. The van der Waals surface area contributed by atoms with Gasteiger partial charge in [-0.1, -0.05) is 6.92 Å². The Balaban J connectivity index is 1.60. The summed E-state index contributed by atoms with van der Waals surface area (Å²) >= 11 is 0. The van der Waals surface area contributed by atoms with Crippen LogP contribution in [0.4, 0.5) is 10.5 Å². The van der Waals surface area contributed by atoms with Gasteiger partial charge in [-0.3, -0.25) is 9.59 Å². The second-order valence-electron chi connectivity index (χ2n) is 6.06. The molecule has 8 heteroatoms. The van der Waals surface area contributed by atoms with Crippen molar-refractivity contribution in [3.8, 4) is 5.75 Å². The minimum absolute atomic E-state index is 0.0116. The van der Waals surface area contributed by atoms with Crippen LogP contribution >= 0.6 is 0 Å². The minimum atomic E-state index is -0.233. The number of carbonyl (C=O) groups excluding carboxylic acids is 3. The first kappa shape index (κ1) is 17.1. The van der Waals surface area contributed by atoms with Crippen molar-refractivity contribution in [2.24, 2.45) is 0 Å². The van der Waals surface area contributed by atoms with E-state index in [1.165, 1.54) is 0 Å². The van der Waals surface area contributed by atoms with Gasteiger partial charge in [-0.2, -0.15) is 0 Å². The van der Waals surface area contributed by atoms with Crippen molar-refractivity contribution in [3.05, 3.63) is 23.8 Å². The quantitative estimate of drug-likeness (QED) is 0.851. The summed E-state index contributed by atoms with van der Waals surface area (Å²) in [5, 5.41) is 5.55. The fraction of sp³-hybridized carbons (Fsp3) is 0.471. The summed E-state index contributed by atoms with van der Waals surface area (Å²) in [6.07, 6.45) is 0.892. The number of rotatable bonds is 3. The molecule has 134 valence electrons. The van der Waals surface area contributed by atoms with E-state index >= 15 is 0 Å². The van der Waals surface area contributed by atoms with Crippen LogP contribution in [-0.2, 0) is 4.79 Å². The number of benzene rings is 1. The van der Waals surface area contributed by atoms with Crippen LogP contribution < -0.4 is 15.4 Å². The SMILES string of the molecule is CCCNC(=O)N1CCN(C(=O)c2ccc3c(c2)NC(=O)CO3)CC1. The molecule has 2 aliphatic heterocycles. The lowest BCUT2D eigenvalue weighted by Gasteiger charge is -2.34. The van der Waals surface area contributed by atoms with Gasteiger partial charge in [-0.05, 0) is 24.6 Å². The van der Waals surface area contributed by atoms with Gasteiger partial charge in [0.25, 0.3) is 11.8 Å². The number of amides is 4. The number of carbonyl (C=O) groups is 3. The molecule has 0 bridgehead atoms. The minimum Gasteiger partial charge on any atom is -0.482 e. The fourth-order valence-corrected chi connectivity index (χ4v) is 2.86. The van der Waals surface area contributed by atoms with Crippen molar-refractivity contribution in [1.29, 1.82) is 0 Å². The van der Waals surface area contributed by atoms with E-state index in [4.69, 9.17) is 4.74 Å².